The van der Waals surface area contributed by atoms with Gasteiger partial charge in [-0.25, -0.2) is 15.0 Å². The number of anilines is 2. The first-order valence-electron chi connectivity index (χ1n) is 6.87. The molecule has 1 fully saturated rings. The number of hydrogen-bond donors (Lipinski definition) is 2. The van der Waals surface area contributed by atoms with Gasteiger partial charge in [0, 0.05) is 22.6 Å². The first-order valence-corrected chi connectivity index (χ1v) is 7.75. The Hall–Kier alpha value is -1.69. The van der Waals surface area contributed by atoms with Gasteiger partial charge in [-0.15, -0.1) is 11.3 Å². The molecule has 3 N–H and O–H groups in total. The number of aryl methyl sites for hydroxylation is 1. The van der Waals surface area contributed by atoms with E-state index < -0.39 is 0 Å². The third kappa shape index (κ3) is 2.60. The molecule has 1 saturated carbocycles. The summed E-state index contributed by atoms with van der Waals surface area (Å²) in [5, 5.41) is 6.54. The predicted molar refractivity (Wildman–Crippen MR) is 82.0 cm³/mol. The van der Waals surface area contributed by atoms with Crippen molar-refractivity contribution in [1.29, 1.82) is 0 Å². The van der Waals surface area contributed by atoms with Crippen LogP contribution in [0.2, 0.25) is 0 Å². The lowest BCUT2D eigenvalue weighted by atomic mass is 10.2. The number of nitrogens with zero attached hydrogens (tertiary/aromatic N) is 3. The Morgan fingerprint density at radius 1 is 1.30 bits per heavy atom. The lowest BCUT2D eigenvalue weighted by molar-refractivity contribution is 0.837. The summed E-state index contributed by atoms with van der Waals surface area (Å²) in [6.07, 6.45) is 2.34. The average molecular weight is 289 g/mol. The molecule has 20 heavy (non-hydrogen) atoms. The summed E-state index contributed by atoms with van der Waals surface area (Å²) in [4.78, 5) is 13.5. The number of thiazole rings is 1. The molecule has 0 aromatic carbocycles. The molecule has 1 aliphatic rings. The van der Waals surface area contributed by atoms with Gasteiger partial charge in [0.15, 0.2) is 0 Å². The van der Waals surface area contributed by atoms with Crippen LogP contribution >= 0.6 is 11.3 Å². The van der Waals surface area contributed by atoms with Gasteiger partial charge in [-0.05, 0) is 33.6 Å². The summed E-state index contributed by atoms with van der Waals surface area (Å²) in [5.41, 5.74) is 7.97. The molecule has 3 rings (SSSR count). The maximum Gasteiger partial charge on any atom is 0.136 e. The Morgan fingerprint density at radius 2 is 2.05 bits per heavy atom. The van der Waals surface area contributed by atoms with Crippen molar-refractivity contribution in [3.63, 3.8) is 0 Å². The minimum atomic E-state index is 0.119. The van der Waals surface area contributed by atoms with Crippen LogP contribution in [-0.2, 0) is 0 Å². The first-order chi connectivity index (χ1) is 9.54. The van der Waals surface area contributed by atoms with E-state index in [1.807, 2.05) is 13.8 Å². The molecule has 2 aromatic heterocycles. The van der Waals surface area contributed by atoms with E-state index in [2.05, 4.69) is 32.6 Å². The Balaban J connectivity index is 1.85. The van der Waals surface area contributed by atoms with Crippen LogP contribution in [0.25, 0.3) is 0 Å². The van der Waals surface area contributed by atoms with E-state index in [1.54, 1.807) is 11.3 Å². The molecule has 1 unspecified atom stereocenters. The SMILES string of the molecule is Cc1csc(C(C)Nc2nc(C3CC3)nc(N)c2C)n1. The second kappa shape index (κ2) is 5.01. The fourth-order valence-electron chi connectivity index (χ4n) is 2.05. The van der Waals surface area contributed by atoms with E-state index in [-0.39, 0.29) is 6.04 Å². The molecule has 2 heterocycles. The maximum absolute atomic E-state index is 6.00. The Bertz CT molecular complexity index is 632. The molecule has 0 spiro atoms. The molecule has 0 aliphatic heterocycles. The van der Waals surface area contributed by atoms with E-state index in [4.69, 9.17) is 5.73 Å². The minimum Gasteiger partial charge on any atom is -0.383 e. The number of nitrogens with two attached hydrogens (primary N) is 1. The van der Waals surface area contributed by atoms with Gasteiger partial charge in [0.25, 0.3) is 0 Å². The van der Waals surface area contributed by atoms with Crippen LogP contribution in [0.1, 0.15) is 53.8 Å². The van der Waals surface area contributed by atoms with Crippen molar-refractivity contribution in [2.75, 3.05) is 11.1 Å². The third-order valence-electron chi connectivity index (χ3n) is 3.50. The van der Waals surface area contributed by atoms with Crippen molar-refractivity contribution in [3.05, 3.63) is 27.5 Å². The molecule has 1 aliphatic carbocycles. The summed E-state index contributed by atoms with van der Waals surface area (Å²) in [7, 11) is 0. The number of rotatable bonds is 4. The summed E-state index contributed by atoms with van der Waals surface area (Å²) in [6, 6.07) is 0.119. The molecular weight excluding hydrogens is 270 g/mol. The fraction of sp³-hybridized carbons (Fsp3) is 0.500. The number of hydrogen-bond acceptors (Lipinski definition) is 6. The second-order valence-corrected chi connectivity index (χ2v) is 6.30. The van der Waals surface area contributed by atoms with Crippen molar-refractivity contribution in [2.24, 2.45) is 0 Å². The Labute approximate surface area is 122 Å². The van der Waals surface area contributed by atoms with Gasteiger partial charge in [0.05, 0.1) is 6.04 Å². The van der Waals surface area contributed by atoms with E-state index >= 15 is 0 Å². The first kappa shape index (κ1) is 13.3. The van der Waals surface area contributed by atoms with Crippen LogP contribution in [0.3, 0.4) is 0 Å². The molecule has 0 bridgehead atoms. The van der Waals surface area contributed by atoms with Gasteiger partial charge in [0.2, 0.25) is 0 Å². The largest absolute Gasteiger partial charge is 0.383 e. The predicted octanol–water partition coefficient (Wildman–Crippen LogP) is 3.18. The van der Waals surface area contributed by atoms with Gasteiger partial charge >= 0.3 is 0 Å². The molecule has 5 nitrogen and oxygen atoms in total. The number of nitrogen functional groups attached to an aromatic ring is 1. The van der Waals surface area contributed by atoms with Crippen molar-refractivity contribution in [2.45, 2.75) is 45.6 Å². The number of aromatic nitrogens is 3. The Kier molecular flexibility index (Phi) is 3.33. The molecule has 6 heteroatoms. The molecule has 0 saturated heterocycles. The smallest absolute Gasteiger partial charge is 0.136 e. The van der Waals surface area contributed by atoms with Crippen LogP contribution in [0.15, 0.2) is 5.38 Å². The highest BCUT2D eigenvalue weighted by Crippen LogP contribution is 2.39. The molecular formula is C14H19N5S. The van der Waals surface area contributed by atoms with Crippen LogP contribution in [0.4, 0.5) is 11.6 Å². The summed E-state index contributed by atoms with van der Waals surface area (Å²) < 4.78 is 0. The van der Waals surface area contributed by atoms with Gasteiger partial charge in [-0.1, -0.05) is 0 Å². The highest BCUT2D eigenvalue weighted by Gasteiger charge is 2.28. The van der Waals surface area contributed by atoms with Crippen molar-refractivity contribution >= 4 is 23.0 Å². The lowest BCUT2D eigenvalue weighted by Gasteiger charge is -2.16. The summed E-state index contributed by atoms with van der Waals surface area (Å²) >= 11 is 1.66. The zero-order valence-electron chi connectivity index (χ0n) is 12.0. The quantitative estimate of drug-likeness (QED) is 0.904. The highest BCUT2D eigenvalue weighted by atomic mass is 32.1. The van der Waals surface area contributed by atoms with Crippen LogP contribution in [0, 0.1) is 13.8 Å². The zero-order valence-corrected chi connectivity index (χ0v) is 12.8. The monoisotopic (exact) mass is 289 g/mol. The lowest BCUT2D eigenvalue weighted by Crippen LogP contribution is -2.12. The van der Waals surface area contributed by atoms with Crippen LogP contribution in [-0.4, -0.2) is 15.0 Å². The van der Waals surface area contributed by atoms with E-state index in [1.165, 1.54) is 12.8 Å². The van der Waals surface area contributed by atoms with Crippen molar-refractivity contribution in [1.82, 2.24) is 15.0 Å². The second-order valence-electron chi connectivity index (χ2n) is 5.41. The normalized spacial score (nSPS) is 16.1. The Morgan fingerprint density at radius 3 is 2.65 bits per heavy atom. The molecule has 0 radical (unpaired) electrons. The molecule has 1 atom stereocenters. The fourth-order valence-corrected chi connectivity index (χ4v) is 2.86. The standard InChI is InChI=1S/C14H19N5S/c1-7-6-20-14(16-7)9(3)17-12-8(2)11(15)18-13(19-12)10-4-5-10/h6,9-10H,4-5H2,1-3H3,(H3,15,17,18,19). The third-order valence-corrected chi connectivity index (χ3v) is 4.65. The van der Waals surface area contributed by atoms with Crippen molar-refractivity contribution < 1.29 is 0 Å². The molecule has 0 amide bonds. The molecule has 106 valence electrons. The van der Waals surface area contributed by atoms with Gasteiger partial charge < -0.3 is 11.1 Å². The number of nitrogens with one attached hydrogen (secondary N) is 1. The minimum absolute atomic E-state index is 0.119. The topological polar surface area (TPSA) is 76.7 Å². The van der Waals surface area contributed by atoms with Crippen LogP contribution < -0.4 is 11.1 Å². The maximum atomic E-state index is 6.00. The zero-order chi connectivity index (χ0) is 14.3. The summed E-state index contributed by atoms with van der Waals surface area (Å²) in [6.45, 7) is 6.05. The average Bonchev–Trinajstić information content (AvgIpc) is 3.16. The molecule has 2 aromatic rings. The van der Waals surface area contributed by atoms with E-state index in [9.17, 15) is 0 Å². The van der Waals surface area contributed by atoms with Crippen LogP contribution in [0.5, 0.6) is 0 Å². The van der Waals surface area contributed by atoms with Gasteiger partial charge in [-0.2, -0.15) is 0 Å². The van der Waals surface area contributed by atoms with Gasteiger partial charge in [0.1, 0.15) is 22.5 Å². The van der Waals surface area contributed by atoms with Crippen molar-refractivity contribution in [3.8, 4) is 0 Å². The highest BCUT2D eigenvalue weighted by molar-refractivity contribution is 7.09. The van der Waals surface area contributed by atoms with E-state index in [0.29, 0.717) is 11.7 Å². The summed E-state index contributed by atoms with van der Waals surface area (Å²) in [5.74, 6) is 2.78. The van der Waals surface area contributed by atoms with Gasteiger partial charge in [-0.3, -0.25) is 0 Å². The van der Waals surface area contributed by atoms with E-state index in [0.717, 1.165) is 27.9 Å².